The van der Waals surface area contributed by atoms with Gasteiger partial charge in [0.2, 0.25) is 0 Å². The maximum Gasteiger partial charge on any atom is 0.302 e. The lowest BCUT2D eigenvalue weighted by atomic mass is 9.47. The molecule has 0 bridgehead atoms. The van der Waals surface area contributed by atoms with E-state index in [1.165, 1.54) is 44.9 Å². The highest BCUT2D eigenvalue weighted by atomic mass is 16.5. The Kier molecular flexibility index (Phi) is 5.92. The van der Waals surface area contributed by atoms with Crippen LogP contribution in [-0.4, -0.2) is 25.8 Å². The maximum atomic E-state index is 11.4. The number of methoxy groups -OCH3 is 1. The molecule has 3 nitrogen and oxygen atoms in total. The molecule has 0 amide bonds. The summed E-state index contributed by atoms with van der Waals surface area (Å²) in [6.07, 6.45) is 14.0. The van der Waals surface area contributed by atoms with Crippen molar-refractivity contribution in [1.82, 2.24) is 0 Å². The minimum atomic E-state index is -0.124. The standard InChI is InChI=1S/C26H42O3/c1-17(12-15-28-5)22-8-9-23-21-7-6-19-16-20(29-18(2)27)10-13-25(19,3)24(21)11-14-26(22,23)4/h6,17,20-24H,7-16H2,1-5H3. The summed E-state index contributed by atoms with van der Waals surface area (Å²) in [6.45, 7) is 10.1. The van der Waals surface area contributed by atoms with Crippen molar-refractivity contribution in [3.63, 3.8) is 0 Å². The molecule has 3 saturated carbocycles. The van der Waals surface area contributed by atoms with Crippen molar-refractivity contribution in [1.29, 1.82) is 0 Å². The fourth-order valence-electron chi connectivity index (χ4n) is 8.44. The molecule has 0 aromatic heterocycles. The fraction of sp³-hybridized carbons (Fsp3) is 0.885. The van der Waals surface area contributed by atoms with Crippen LogP contribution in [-0.2, 0) is 14.3 Å². The van der Waals surface area contributed by atoms with E-state index in [1.54, 1.807) is 12.5 Å². The lowest BCUT2D eigenvalue weighted by Gasteiger charge is -2.58. The third-order valence-corrected chi connectivity index (χ3v) is 9.93. The van der Waals surface area contributed by atoms with Gasteiger partial charge in [-0.25, -0.2) is 0 Å². The molecular formula is C26H42O3. The number of fused-ring (bicyclic) bond motifs is 5. The van der Waals surface area contributed by atoms with E-state index in [1.807, 2.05) is 7.11 Å². The predicted octanol–water partition coefficient (Wildman–Crippen LogP) is 6.17. The van der Waals surface area contributed by atoms with Gasteiger partial charge in [0, 0.05) is 27.1 Å². The highest BCUT2D eigenvalue weighted by molar-refractivity contribution is 5.66. The molecule has 0 aromatic carbocycles. The number of allylic oxidation sites excluding steroid dienone is 1. The van der Waals surface area contributed by atoms with E-state index in [4.69, 9.17) is 9.47 Å². The normalized spacial score (nSPS) is 44.9. The summed E-state index contributed by atoms with van der Waals surface area (Å²) >= 11 is 0. The molecule has 8 unspecified atom stereocenters. The summed E-state index contributed by atoms with van der Waals surface area (Å²) in [5, 5.41) is 0. The lowest BCUT2D eigenvalue weighted by Crippen LogP contribution is -2.51. The molecule has 3 fully saturated rings. The molecule has 0 saturated heterocycles. The van der Waals surface area contributed by atoms with Gasteiger partial charge in [0.25, 0.3) is 0 Å². The molecular weight excluding hydrogens is 360 g/mol. The van der Waals surface area contributed by atoms with Crippen molar-refractivity contribution in [3.05, 3.63) is 11.6 Å². The Balaban J connectivity index is 1.52. The molecule has 3 heteroatoms. The topological polar surface area (TPSA) is 35.5 Å². The van der Waals surface area contributed by atoms with E-state index >= 15 is 0 Å². The van der Waals surface area contributed by atoms with E-state index in [0.717, 1.165) is 49.0 Å². The molecule has 29 heavy (non-hydrogen) atoms. The quantitative estimate of drug-likeness (QED) is 0.407. The summed E-state index contributed by atoms with van der Waals surface area (Å²) in [6, 6.07) is 0. The zero-order valence-corrected chi connectivity index (χ0v) is 19.3. The minimum Gasteiger partial charge on any atom is -0.462 e. The predicted molar refractivity (Wildman–Crippen MR) is 116 cm³/mol. The number of hydrogen-bond donors (Lipinski definition) is 0. The number of rotatable bonds is 5. The van der Waals surface area contributed by atoms with E-state index in [2.05, 4.69) is 26.8 Å². The molecule has 0 radical (unpaired) electrons. The molecule has 164 valence electrons. The van der Waals surface area contributed by atoms with Gasteiger partial charge in [-0.15, -0.1) is 0 Å². The monoisotopic (exact) mass is 402 g/mol. The molecule has 4 rings (SSSR count). The van der Waals surface area contributed by atoms with Crippen molar-refractivity contribution in [2.24, 2.45) is 40.4 Å². The molecule has 0 aromatic rings. The number of esters is 1. The highest BCUT2D eigenvalue weighted by Gasteiger charge is 2.59. The lowest BCUT2D eigenvalue weighted by molar-refractivity contribution is -0.148. The van der Waals surface area contributed by atoms with Gasteiger partial charge >= 0.3 is 5.97 Å². The molecule has 0 heterocycles. The second-order valence-electron chi connectivity index (χ2n) is 11.2. The van der Waals surface area contributed by atoms with E-state index in [0.29, 0.717) is 10.8 Å². The van der Waals surface area contributed by atoms with Crippen molar-refractivity contribution >= 4 is 5.97 Å². The summed E-state index contributed by atoms with van der Waals surface area (Å²) in [7, 11) is 1.83. The Morgan fingerprint density at radius 1 is 1.17 bits per heavy atom. The Bertz CT molecular complexity index is 654. The molecule has 4 aliphatic rings. The van der Waals surface area contributed by atoms with Crippen LogP contribution in [0, 0.1) is 40.4 Å². The number of hydrogen-bond acceptors (Lipinski definition) is 3. The van der Waals surface area contributed by atoms with Gasteiger partial charge in [-0.3, -0.25) is 4.79 Å². The maximum absolute atomic E-state index is 11.4. The molecule has 4 aliphatic carbocycles. The Labute approximate surface area is 178 Å². The van der Waals surface area contributed by atoms with Gasteiger partial charge in [-0.1, -0.05) is 32.4 Å². The van der Waals surface area contributed by atoms with Crippen LogP contribution in [0.5, 0.6) is 0 Å². The first-order chi connectivity index (χ1) is 13.8. The van der Waals surface area contributed by atoms with Gasteiger partial charge in [-0.2, -0.15) is 0 Å². The summed E-state index contributed by atoms with van der Waals surface area (Å²) in [4.78, 5) is 11.4. The van der Waals surface area contributed by atoms with Crippen LogP contribution in [0.3, 0.4) is 0 Å². The molecule has 0 spiro atoms. The first kappa shape index (κ1) is 21.4. The number of ether oxygens (including phenoxy) is 2. The van der Waals surface area contributed by atoms with Crippen LogP contribution in [0.15, 0.2) is 11.6 Å². The summed E-state index contributed by atoms with van der Waals surface area (Å²) in [5.41, 5.74) is 2.45. The van der Waals surface area contributed by atoms with E-state index in [9.17, 15) is 4.79 Å². The third-order valence-electron chi connectivity index (χ3n) is 9.93. The Morgan fingerprint density at radius 2 is 1.97 bits per heavy atom. The minimum absolute atomic E-state index is 0.106. The van der Waals surface area contributed by atoms with Gasteiger partial charge in [0.05, 0.1) is 0 Å². The summed E-state index contributed by atoms with van der Waals surface area (Å²) in [5.74, 6) is 4.07. The van der Waals surface area contributed by atoms with Crippen molar-refractivity contribution in [2.45, 2.75) is 91.6 Å². The van der Waals surface area contributed by atoms with Crippen LogP contribution in [0.25, 0.3) is 0 Å². The second-order valence-corrected chi connectivity index (χ2v) is 11.2. The smallest absolute Gasteiger partial charge is 0.302 e. The third kappa shape index (κ3) is 3.60. The van der Waals surface area contributed by atoms with E-state index < -0.39 is 0 Å². The first-order valence-corrected chi connectivity index (χ1v) is 12.1. The SMILES string of the molecule is COCCC(C)C1CCC2C3CC=C4CC(OC(C)=O)CCC4(C)C3CCC12C. The average molecular weight is 403 g/mol. The second kappa shape index (κ2) is 8.02. The Morgan fingerprint density at radius 3 is 2.69 bits per heavy atom. The highest BCUT2D eigenvalue weighted by Crippen LogP contribution is 2.67. The van der Waals surface area contributed by atoms with Crippen molar-refractivity contribution in [2.75, 3.05) is 13.7 Å². The molecule has 0 N–H and O–H groups in total. The van der Waals surface area contributed by atoms with E-state index in [-0.39, 0.29) is 12.1 Å². The number of carbonyl (C=O) groups excluding carboxylic acids is 1. The zero-order chi connectivity index (χ0) is 20.8. The average Bonchev–Trinajstić information content (AvgIpc) is 3.03. The van der Waals surface area contributed by atoms with Gasteiger partial charge < -0.3 is 9.47 Å². The van der Waals surface area contributed by atoms with Crippen molar-refractivity contribution in [3.8, 4) is 0 Å². The van der Waals surface area contributed by atoms with Gasteiger partial charge in [0.15, 0.2) is 0 Å². The zero-order valence-electron chi connectivity index (χ0n) is 19.3. The van der Waals surface area contributed by atoms with Crippen LogP contribution < -0.4 is 0 Å². The number of carbonyl (C=O) groups is 1. The van der Waals surface area contributed by atoms with Gasteiger partial charge in [0.1, 0.15) is 6.10 Å². The molecule has 0 aliphatic heterocycles. The fourth-order valence-corrected chi connectivity index (χ4v) is 8.44. The summed E-state index contributed by atoms with van der Waals surface area (Å²) < 4.78 is 11.0. The van der Waals surface area contributed by atoms with Crippen LogP contribution >= 0.6 is 0 Å². The van der Waals surface area contributed by atoms with Crippen LogP contribution in [0.1, 0.15) is 85.5 Å². The van der Waals surface area contributed by atoms with Crippen LogP contribution in [0.4, 0.5) is 0 Å². The first-order valence-electron chi connectivity index (χ1n) is 12.1. The van der Waals surface area contributed by atoms with Crippen LogP contribution in [0.2, 0.25) is 0 Å². The van der Waals surface area contributed by atoms with Gasteiger partial charge in [-0.05, 0) is 91.8 Å². The molecule has 8 atom stereocenters. The largest absolute Gasteiger partial charge is 0.462 e. The van der Waals surface area contributed by atoms with Crippen molar-refractivity contribution < 1.29 is 14.3 Å². The Hall–Kier alpha value is -0.830.